The van der Waals surface area contributed by atoms with E-state index in [9.17, 15) is 4.79 Å². The third kappa shape index (κ3) is 2.58. The Balaban J connectivity index is 2.14. The first-order valence-corrected chi connectivity index (χ1v) is 4.94. The van der Waals surface area contributed by atoms with Crippen molar-refractivity contribution in [2.24, 2.45) is 0 Å². The molecule has 0 aliphatic rings. The molecule has 0 bridgehead atoms. The largest absolute Gasteiger partial charge is 0.420 e. The van der Waals surface area contributed by atoms with Gasteiger partial charge in [-0.15, -0.1) is 0 Å². The second-order valence-corrected chi connectivity index (χ2v) is 3.46. The van der Waals surface area contributed by atoms with E-state index >= 15 is 0 Å². The molecule has 79 valence electrons. The minimum Gasteiger partial charge on any atom is -0.420 e. The molecular formula is C12H7ClNO2. The summed E-state index contributed by atoms with van der Waals surface area (Å²) in [5.41, 5.74) is 0.468. The van der Waals surface area contributed by atoms with Crippen LogP contribution in [0, 0.1) is 6.20 Å². The van der Waals surface area contributed by atoms with Crippen LogP contribution in [0.2, 0.25) is 5.02 Å². The highest BCUT2D eigenvalue weighted by Gasteiger charge is 2.08. The van der Waals surface area contributed by atoms with Gasteiger partial charge < -0.3 is 4.74 Å². The number of ether oxygens (including phenoxy) is 1. The van der Waals surface area contributed by atoms with E-state index in [4.69, 9.17) is 16.3 Å². The van der Waals surface area contributed by atoms with Crippen molar-refractivity contribution < 1.29 is 9.53 Å². The highest BCUT2D eigenvalue weighted by Crippen LogP contribution is 2.15. The highest BCUT2D eigenvalue weighted by atomic mass is 35.5. The monoisotopic (exact) mass is 232 g/mol. The molecule has 1 aromatic carbocycles. The van der Waals surface area contributed by atoms with Crippen LogP contribution < -0.4 is 4.74 Å². The van der Waals surface area contributed by atoms with Crippen molar-refractivity contribution >= 4 is 17.6 Å². The molecule has 0 unspecified atom stereocenters. The molecule has 2 rings (SSSR count). The maximum Gasteiger partial charge on any atom is 0.343 e. The Kier molecular flexibility index (Phi) is 3.17. The van der Waals surface area contributed by atoms with E-state index < -0.39 is 5.97 Å². The summed E-state index contributed by atoms with van der Waals surface area (Å²) in [5, 5.41) is 0.398. The summed E-state index contributed by atoms with van der Waals surface area (Å²) in [5.74, 6) is -0.248. The van der Waals surface area contributed by atoms with Crippen LogP contribution in [-0.4, -0.2) is 11.0 Å². The predicted molar refractivity (Wildman–Crippen MR) is 59.5 cm³/mol. The predicted octanol–water partition coefficient (Wildman–Crippen LogP) is 2.75. The Labute approximate surface area is 97.7 Å². The Morgan fingerprint density at radius 3 is 2.75 bits per heavy atom. The number of benzene rings is 1. The number of pyridine rings is 1. The molecule has 3 nitrogen and oxygen atoms in total. The standard InChI is InChI=1S/C12H7ClNO2/c13-10-6-11(8-14-7-10)16-12(15)9-4-2-1-3-5-9/h1-7H. The summed E-state index contributed by atoms with van der Waals surface area (Å²) < 4.78 is 5.04. The number of hydrogen-bond acceptors (Lipinski definition) is 3. The van der Waals surface area contributed by atoms with Crippen molar-refractivity contribution in [3.8, 4) is 5.75 Å². The van der Waals surface area contributed by atoms with Crippen LogP contribution in [0.25, 0.3) is 0 Å². The number of nitrogens with zero attached hydrogens (tertiary/aromatic N) is 1. The number of halogens is 1. The van der Waals surface area contributed by atoms with Gasteiger partial charge in [-0.25, -0.2) is 9.78 Å². The molecule has 0 aliphatic carbocycles. The molecule has 0 spiro atoms. The number of hydrogen-bond donors (Lipinski definition) is 0. The summed E-state index contributed by atoms with van der Waals surface area (Å²) in [7, 11) is 0. The van der Waals surface area contributed by atoms with Crippen molar-refractivity contribution in [2.45, 2.75) is 0 Å². The molecule has 1 aromatic heterocycles. The zero-order valence-corrected chi connectivity index (χ0v) is 8.94. The summed E-state index contributed by atoms with van der Waals surface area (Å²) in [4.78, 5) is 15.3. The number of esters is 1. The van der Waals surface area contributed by atoms with Crippen molar-refractivity contribution in [3.63, 3.8) is 0 Å². The SMILES string of the molecule is O=C(Oc1[c]ncc(Cl)c1)c1ccccc1. The van der Waals surface area contributed by atoms with Gasteiger partial charge in [0.15, 0.2) is 5.75 Å². The maximum atomic E-state index is 11.6. The van der Waals surface area contributed by atoms with Crippen LogP contribution in [0.4, 0.5) is 0 Å². The zero-order valence-electron chi connectivity index (χ0n) is 8.18. The second-order valence-electron chi connectivity index (χ2n) is 3.02. The normalized spacial score (nSPS) is 9.81. The van der Waals surface area contributed by atoms with E-state index in [1.165, 1.54) is 12.3 Å². The van der Waals surface area contributed by atoms with Gasteiger partial charge in [0.05, 0.1) is 10.6 Å². The molecule has 0 saturated carbocycles. The fourth-order valence-electron chi connectivity index (χ4n) is 1.14. The quantitative estimate of drug-likeness (QED) is 0.748. The maximum absolute atomic E-state index is 11.6. The first-order valence-electron chi connectivity index (χ1n) is 4.56. The highest BCUT2D eigenvalue weighted by molar-refractivity contribution is 6.30. The van der Waals surface area contributed by atoms with E-state index in [0.717, 1.165) is 0 Å². The summed E-state index contributed by atoms with van der Waals surface area (Å²) in [6.07, 6.45) is 3.95. The first-order chi connectivity index (χ1) is 7.75. The average Bonchev–Trinajstić information content (AvgIpc) is 2.30. The Morgan fingerprint density at radius 1 is 1.31 bits per heavy atom. The molecule has 0 N–H and O–H groups in total. The van der Waals surface area contributed by atoms with Crippen LogP contribution in [0.15, 0.2) is 42.6 Å². The topological polar surface area (TPSA) is 39.2 Å². The third-order valence-electron chi connectivity index (χ3n) is 1.84. The molecule has 2 aromatic rings. The Morgan fingerprint density at radius 2 is 2.06 bits per heavy atom. The summed E-state index contributed by atoms with van der Waals surface area (Å²) in [6.45, 7) is 0. The molecule has 4 heteroatoms. The van der Waals surface area contributed by atoms with E-state index in [2.05, 4.69) is 11.2 Å². The fraction of sp³-hybridized carbons (Fsp3) is 0. The molecule has 0 fully saturated rings. The minimum absolute atomic E-state index is 0.210. The van der Waals surface area contributed by atoms with Gasteiger partial charge in [-0.1, -0.05) is 29.8 Å². The van der Waals surface area contributed by atoms with Crippen LogP contribution >= 0.6 is 11.6 Å². The second kappa shape index (κ2) is 4.77. The van der Waals surface area contributed by atoms with Crippen molar-refractivity contribution in [1.82, 2.24) is 4.98 Å². The van der Waals surface area contributed by atoms with Crippen LogP contribution in [0.5, 0.6) is 5.75 Å². The summed E-state index contributed by atoms with van der Waals surface area (Å²) in [6, 6.07) is 10.2. The van der Waals surface area contributed by atoms with Gasteiger partial charge in [-0.2, -0.15) is 0 Å². The minimum atomic E-state index is -0.457. The lowest BCUT2D eigenvalue weighted by molar-refractivity contribution is 0.0733. The Hall–Kier alpha value is -1.87. The van der Waals surface area contributed by atoms with E-state index in [1.807, 2.05) is 6.07 Å². The lowest BCUT2D eigenvalue weighted by atomic mass is 10.2. The number of aromatic nitrogens is 1. The van der Waals surface area contributed by atoms with Crippen LogP contribution in [0.1, 0.15) is 10.4 Å². The van der Waals surface area contributed by atoms with Gasteiger partial charge >= 0.3 is 5.97 Å². The molecule has 0 atom stereocenters. The lowest BCUT2D eigenvalue weighted by Crippen LogP contribution is -2.08. The number of carbonyl (C=O) groups is 1. The average molecular weight is 233 g/mol. The molecule has 0 amide bonds. The van der Waals surface area contributed by atoms with Gasteiger partial charge in [0, 0.05) is 12.3 Å². The smallest absolute Gasteiger partial charge is 0.343 e. The number of rotatable bonds is 2. The Bertz CT molecular complexity index is 499. The first kappa shape index (κ1) is 10.6. The van der Waals surface area contributed by atoms with E-state index in [0.29, 0.717) is 10.6 Å². The zero-order chi connectivity index (χ0) is 11.4. The van der Waals surface area contributed by atoms with E-state index in [1.54, 1.807) is 24.3 Å². The van der Waals surface area contributed by atoms with Crippen molar-refractivity contribution in [3.05, 3.63) is 59.4 Å². The molecule has 0 aliphatic heterocycles. The molecule has 0 saturated heterocycles. The van der Waals surface area contributed by atoms with Crippen LogP contribution in [0.3, 0.4) is 0 Å². The molecule has 1 heterocycles. The fourth-order valence-corrected chi connectivity index (χ4v) is 1.29. The summed E-state index contributed by atoms with van der Waals surface area (Å²) >= 11 is 5.70. The van der Waals surface area contributed by atoms with Crippen molar-refractivity contribution in [2.75, 3.05) is 0 Å². The third-order valence-corrected chi connectivity index (χ3v) is 2.05. The van der Waals surface area contributed by atoms with Crippen molar-refractivity contribution in [1.29, 1.82) is 0 Å². The molecule has 16 heavy (non-hydrogen) atoms. The van der Waals surface area contributed by atoms with Gasteiger partial charge in [0.25, 0.3) is 0 Å². The number of carbonyl (C=O) groups excluding carboxylic acids is 1. The van der Waals surface area contributed by atoms with E-state index in [-0.39, 0.29) is 5.75 Å². The van der Waals surface area contributed by atoms with Gasteiger partial charge in [-0.3, -0.25) is 0 Å². The van der Waals surface area contributed by atoms with Gasteiger partial charge in [0.2, 0.25) is 0 Å². The van der Waals surface area contributed by atoms with Gasteiger partial charge in [-0.05, 0) is 12.1 Å². The molecular weight excluding hydrogens is 226 g/mol. The van der Waals surface area contributed by atoms with Crippen LogP contribution in [-0.2, 0) is 0 Å². The lowest BCUT2D eigenvalue weighted by Gasteiger charge is -2.02. The molecule has 1 radical (unpaired) electrons. The van der Waals surface area contributed by atoms with Gasteiger partial charge in [0.1, 0.15) is 6.20 Å².